The van der Waals surface area contributed by atoms with E-state index in [9.17, 15) is 0 Å². The number of anilines is 1. The van der Waals surface area contributed by atoms with Crippen molar-refractivity contribution in [3.05, 3.63) is 30.0 Å². The van der Waals surface area contributed by atoms with Crippen molar-refractivity contribution in [2.75, 3.05) is 31.2 Å². The molecule has 1 saturated heterocycles. The number of morpholine rings is 1. The van der Waals surface area contributed by atoms with Crippen LogP contribution < -0.4 is 4.90 Å². The summed E-state index contributed by atoms with van der Waals surface area (Å²) in [5, 5.41) is 1.26. The van der Waals surface area contributed by atoms with E-state index in [0.29, 0.717) is 0 Å². The van der Waals surface area contributed by atoms with Gasteiger partial charge < -0.3 is 14.1 Å². The maximum absolute atomic E-state index is 6.18. The molecule has 0 N–H and O–H groups in total. The standard InChI is InChI=1S/C19H27NO2/c1-2-3-4-5-6-11-18-19(20-12-14-21-15-13-20)16-9-7-8-10-17(16)22-18/h7-10H,2-6,11-15H2,1H3. The highest BCUT2D eigenvalue weighted by molar-refractivity contribution is 5.93. The van der Waals surface area contributed by atoms with Crippen molar-refractivity contribution in [3.8, 4) is 0 Å². The van der Waals surface area contributed by atoms with Crippen LogP contribution in [-0.2, 0) is 11.2 Å². The van der Waals surface area contributed by atoms with Crippen LogP contribution in [0, 0.1) is 0 Å². The first-order valence-electron chi connectivity index (χ1n) is 8.73. The third kappa shape index (κ3) is 3.46. The van der Waals surface area contributed by atoms with Gasteiger partial charge in [0, 0.05) is 24.9 Å². The van der Waals surface area contributed by atoms with Gasteiger partial charge in [0.25, 0.3) is 0 Å². The van der Waals surface area contributed by atoms with Gasteiger partial charge in [-0.1, -0.05) is 44.7 Å². The van der Waals surface area contributed by atoms with E-state index in [1.54, 1.807) is 0 Å². The second kappa shape index (κ2) is 7.68. The van der Waals surface area contributed by atoms with Crippen LogP contribution in [0.5, 0.6) is 0 Å². The lowest BCUT2D eigenvalue weighted by Crippen LogP contribution is -2.36. The van der Waals surface area contributed by atoms with Crippen molar-refractivity contribution < 1.29 is 9.15 Å². The van der Waals surface area contributed by atoms with Gasteiger partial charge in [-0.2, -0.15) is 0 Å². The van der Waals surface area contributed by atoms with Gasteiger partial charge in [0.2, 0.25) is 0 Å². The van der Waals surface area contributed by atoms with E-state index in [2.05, 4.69) is 36.1 Å². The van der Waals surface area contributed by atoms with Crippen LogP contribution in [0.4, 0.5) is 5.69 Å². The Balaban J connectivity index is 1.78. The van der Waals surface area contributed by atoms with Gasteiger partial charge in [0.1, 0.15) is 11.3 Å². The Hall–Kier alpha value is -1.48. The van der Waals surface area contributed by atoms with Crippen LogP contribution in [-0.4, -0.2) is 26.3 Å². The summed E-state index contributed by atoms with van der Waals surface area (Å²) in [6.07, 6.45) is 7.54. The molecule has 3 nitrogen and oxygen atoms in total. The molecule has 0 bridgehead atoms. The Morgan fingerprint density at radius 3 is 2.59 bits per heavy atom. The summed E-state index contributed by atoms with van der Waals surface area (Å²) < 4.78 is 11.7. The maximum atomic E-state index is 6.18. The van der Waals surface area contributed by atoms with Crippen LogP contribution in [0.25, 0.3) is 11.0 Å². The van der Waals surface area contributed by atoms with Crippen molar-refractivity contribution in [1.29, 1.82) is 0 Å². The molecule has 0 unspecified atom stereocenters. The van der Waals surface area contributed by atoms with Crippen LogP contribution in [0.3, 0.4) is 0 Å². The van der Waals surface area contributed by atoms with Gasteiger partial charge in [0.05, 0.1) is 18.9 Å². The lowest BCUT2D eigenvalue weighted by Gasteiger charge is -2.28. The van der Waals surface area contributed by atoms with E-state index < -0.39 is 0 Å². The molecule has 1 aliphatic rings. The fraction of sp³-hybridized carbons (Fsp3) is 0.579. The molecule has 0 spiro atoms. The normalized spacial score (nSPS) is 15.6. The van der Waals surface area contributed by atoms with Crippen LogP contribution in [0.2, 0.25) is 0 Å². The SMILES string of the molecule is CCCCCCCc1oc2ccccc2c1N1CCOCC1. The van der Waals surface area contributed by atoms with Gasteiger partial charge >= 0.3 is 0 Å². The van der Waals surface area contributed by atoms with E-state index in [0.717, 1.165) is 38.3 Å². The molecule has 0 aliphatic carbocycles. The lowest BCUT2D eigenvalue weighted by molar-refractivity contribution is 0.122. The third-order valence-corrected chi connectivity index (χ3v) is 4.47. The van der Waals surface area contributed by atoms with E-state index in [1.807, 2.05) is 0 Å². The lowest BCUT2D eigenvalue weighted by atomic mass is 10.1. The first-order chi connectivity index (χ1) is 10.9. The summed E-state index contributed by atoms with van der Waals surface area (Å²) in [5.74, 6) is 1.17. The van der Waals surface area contributed by atoms with Gasteiger partial charge in [-0.25, -0.2) is 0 Å². The zero-order chi connectivity index (χ0) is 15.2. The summed E-state index contributed by atoms with van der Waals surface area (Å²) >= 11 is 0. The summed E-state index contributed by atoms with van der Waals surface area (Å²) in [6, 6.07) is 8.43. The molecular weight excluding hydrogens is 274 g/mol. The molecule has 2 aromatic rings. The predicted molar refractivity (Wildman–Crippen MR) is 91.7 cm³/mol. The number of hydrogen-bond acceptors (Lipinski definition) is 3. The van der Waals surface area contributed by atoms with Crippen LogP contribution >= 0.6 is 0 Å². The number of nitrogens with zero attached hydrogens (tertiary/aromatic N) is 1. The second-order valence-electron chi connectivity index (χ2n) is 6.13. The fourth-order valence-corrected chi connectivity index (χ4v) is 3.27. The topological polar surface area (TPSA) is 25.6 Å². The molecule has 120 valence electrons. The van der Waals surface area contributed by atoms with Crippen LogP contribution in [0.15, 0.2) is 28.7 Å². The highest BCUT2D eigenvalue weighted by Crippen LogP contribution is 2.35. The Kier molecular flexibility index (Phi) is 5.38. The Bertz CT molecular complexity index is 584. The average molecular weight is 301 g/mol. The molecule has 1 aromatic heterocycles. The number of rotatable bonds is 7. The molecule has 0 amide bonds. The molecule has 1 aromatic carbocycles. The van der Waals surface area contributed by atoms with Gasteiger partial charge in [-0.15, -0.1) is 0 Å². The quantitative estimate of drug-likeness (QED) is 0.688. The highest BCUT2D eigenvalue weighted by Gasteiger charge is 2.21. The third-order valence-electron chi connectivity index (χ3n) is 4.47. The van der Waals surface area contributed by atoms with Gasteiger partial charge in [-0.05, 0) is 18.6 Å². The van der Waals surface area contributed by atoms with Crippen molar-refractivity contribution in [1.82, 2.24) is 0 Å². The molecule has 3 rings (SSSR count). The smallest absolute Gasteiger partial charge is 0.136 e. The van der Waals surface area contributed by atoms with Crippen molar-refractivity contribution in [3.63, 3.8) is 0 Å². The van der Waals surface area contributed by atoms with Gasteiger partial charge in [-0.3, -0.25) is 0 Å². The first kappa shape index (κ1) is 15.4. The number of furan rings is 1. The second-order valence-corrected chi connectivity index (χ2v) is 6.13. The van der Waals surface area contributed by atoms with E-state index in [1.165, 1.54) is 48.9 Å². The Labute approximate surface area is 133 Å². The molecule has 2 heterocycles. The Morgan fingerprint density at radius 2 is 1.77 bits per heavy atom. The monoisotopic (exact) mass is 301 g/mol. The Morgan fingerprint density at radius 1 is 1.00 bits per heavy atom. The van der Waals surface area contributed by atoms with Gasteiger partial charge in [0.15, 0.2) is 0 Å². The maximum Gasteiger partial charge on any atom is 0.136 e. The van der Waals surface area contributed by atoms with Crippen molar-refractivity contribution in [2.45, 2.75) is 45.4 Å². The number of benzene rings is 1. The predicted octanol–water partition coefficient (Wildman–Crippen LogP) is 4.78. The van der Waals surface area contributed by atoms with E-state index >= 15 is 0 Å². The number of ether oxygens (including phenoxy) is 1. The van der Waals surface area contributed by atoms with Crippen molar-refractivity contribution >= 4 is 16.7 Å². The van der Waals surface area contributed by atoms with E-state index in [4.69, 9.17) is 9.15 Å². The van der Waals surface area contributed by atoms with E-state index in [-0.39, 0.29) is 0 Å². The summed E-state index contributed by atoms with van der Waals surface area (Å²) in [4.78, 5) is 2.44. The summed E-state index contributed by atoms with van der Waals surface area (Å²) in [6.45, 7) is 5.82. The molecule has 1 fully saturated rings. The molecular formula is C19H27NO2. The highest BCUT2D eigenvalue weighted by atomic mass is 16.5. The minimum absolute atomic E-state index is 0.815. The molecule has 0 saturated carbocycles. The van der Waals surface area contributed by atoms with Crippen molar-refractivity contribution in [2.24, 2.45) is 0 Å². The number of fused-ring (bicyclic) bond motifs is 1. The fourth-order valence-electron chi connectivity index (χ4n) is 3.27. The largest absolute Gasteiger partial charge is 0.459 e. The zero-order valence-electron chi connectivity index (χ0n) is 13.6. The minimum Gasteiger partial charge on any atom is -0.459 e. The molecule has 3 heteroatoms. The molecule has 0 atom stereocenters. The molecule has 1 aliphatic heterocycles. The number of aryl methyl sites for hydroxylation is 1. The summed E-state index contributed by atoms with van der Waals surface area (Å²) in [5.41, 5.74) is 2.34. The minimum atomic E-state index is 0.815. The number of unbranched alkanes of at least 4 members (excludes halogenated alkanes) is 4. The molecule has 22 heavy (non-hydrogen) atoms. The summed E-state index contributed by atoms with van der Waals surface area (Å²) in [7, 11) is 0. The van der Waals surface area contributed by atoms with Crippen LogP contribution in [0.1, 0.15) is 44.8 Å². The zero-order valence-corrected chi connectivity index (χ0v) is 13.6. The first-order valence-corrected chi connectivity index (χ1v) is 8.73. The number of hydrogen-bond donors (Lipinski definition) is 0. The molecule has 0 radical (unpaired) electrons. The number of para-hydroxylation sites is 1. The average Bonchev–Trinajstić information content (AvgIpc) is 2.93.